The Kier molecular flexibility index (Phi) is 12.0. The maximum absolute atomic E-state index is 3.00. The van der Waals surface area contributed by atoms with Gasteiger partial charge >= 0.3 is 0 Å². The average molecular weight is 1020 g/mol. The highest BCUT2D eigenvalue weighted by molar-refractivity contribution is 7.20. The minimum atomic E-state index is -3.00. The zero-order valence-electron chi connectivity index (χ0n) is 43.2. The van der Waals surface area contributed by atoms with Crippen molar-refractivity contribution in [1.82, 2.24) is 0 Å². The molecule has 0 aromatic heterocycles. The maximum atomic E-state index is 2.63. The first-order valence-electron chi connectivity index (χ1n) is 27.1. The van der Waals surface area contributed by atoms with E-state index in [9.17, 15) is 0 Å². The van der Waals surface area contributed by atoms with Gasteiger partial charge in [0.25, 0.3) is 0 Å². The highest BCUT2D eigenvalue weighted by Crippen LogP contribution is 2.46. The molecular formula is C76H54Si2. The average Bonchev–Trinajstić information content (AvgIpc) is 3.55. The Morgan fingerprint density at radius 3 is 1.01 bits per heavy atom. The fourth-order valence-electron chi connectivity index (χ4n) is 13.1. The van der Waals surface area contributed by atoms with E-state index in [4.69, 9.17) is 0 Å². The van der Waals surface area contributed by atoms with Gasteiger partial charge in [-0.25, -0.2) is 0 Å². The van der Waals surface area contributed by atoms with Crippen LogP contribution in [0.2, 0.25) is 0 Å². The van der Waals surface area contributed by atoms with Crippen LogP contribution >= 0.6 is 0 Å². The van der Waals surface area contributed by atoms with Crippen LogP contribution in [0.1, 0.15) is 0 Å². The largest absolute Gasteiger partial charge is 0.179 e. The van der Waals surface area contributed by atoms with Gasteiger partial charge in [0.2, 0.25) is 0 Å². The summed E-state index contributed by atoms with van der Waals surface area (Å²) in [5, 5.41) is 20.7. The molecule has 0 saturated carbocycles. The molecule has 0 atom stereocenters. The predicted molar refractivity (Wildman–Crippen MR) is 340 cm³/mol. The van der Waals surface area contributed by atoms with Crippen LogP contribution in [0.3, 0.4) is 0 Å². The van der Waals surface area contributed by atoms with Crippen LogP contribution in [0.4, 0.5) is 0 Å². The van der Waals surface area contributed by atoms with Crippen molar-refractivity contribution < 1.29 is 0 Å². The van der Waals surface area contributed by atoms with E-state index < -0.39 is 16.1 Å². The van der Waals surface area contributed by atoms with Crippen molar-refractivity contribution in [2.75, 3.05) is 0 Å². The zero-order valence-corrected chi connectivity index (χ0v) is 45.2. The molecule has 0 nitrogen and oxygen atoms in total. The van der Waals surface area contributed by atoms with Gasteiger partial charge in [-0.1, -0.05) is 315 Å². The summed E-state index contributed by atoms with van der Waals surface area (Å²) in [6, 6.07) is 124. The molecule has 78 heavy (non-hydrogen) atoms. The molecule has 0 fully saturated rings. The lowest BCUT2D eigenvalue weighted by atomic mass is 9.84. The van der Waals surface area contributed by atoms with E-state index in [0.717, 1.165) is 0 Å². The van der Waals surface area contributed by atoms with Crippen LogP contribution in [-0.4, -0.2) is 16.1 Å². The van der Waals surface area contributed by atoms with E-state index in [1.165, 1.54) is 118 Å². The highest BCUT2D eigenvalue weighted by Gasteiger charge is 2.43. The van der Waals surface area contributed by atoms with Crippen molar-refractivity contribution in [1.29, 1.82) is 0 Å². The summed E-state index contributed by atoms with van der Waals surface area (Å²) in [6.07, 6.45) is 0. The van der Waals surface area contributed by atoms with Crippen LogP contribution in [0.5, 0.6) is 0 Å². The molecule has 0 aliphatic carbocycles. The molecule has 0 radical (unpaired) electrons. The molecule has 0 bridgehead atoms. The van der Waals surface area contributed by atoms with Crippen molar-refractivity contribution in [3.63, 3.8) is 0 Å². The molecule has 14 rings (SSSR count). The zero-order chi connectivity index (χ0) is 51.9. The van der Waals surface area contributed by atoms with E-state index >= 15 is 0 Å². The van der Waals surface area contributed by atoms with Crippen LogP contribution in [0.25, 0.3) is 76.5 Å². The SMILES string of the molecule is c1ccc([Si](c2ccccc2)(c2ccccc2)c2ccc3c(-c4cccc(-c5ccc6ccccc6c5)c4)c4ccc([Si](c5ccccc5)(c5ccccc5)c5ccccc5)cc4c(-c4cccc5ccccc45)c3c2)cc1. The Bertz CT molecular complexity index is 4080. The molecule has 0 unspecified atom stereocenters. The van der Waals surface area contributed by atoms with Crippen molar-refractivity contribution in [3.05, 3.63) is 328 Å². The molecule has 2 heteroatoms. The van der Waals surface area contributed by atoms with Gasteiger partial charge < -0.3 is 0 Å². The molecule has 0 amide bonds. The first-order valence-corrected chi connectivity index (χ1v) is 31.1. The summed E-state index contributed by atoms with van der Waals surface area (Å²) in [4.78, 5) is 0. The summed E-state index contributed by atoms with van der Waals surface area (Å²) >= 11 is 0. The second kappa shape index (κ2) is 19.9. The van der Waals surface area contributed by atoms with Crippen molar-refractivity contribution in [3.8, 4) is 33.4 Å². The van der Waals surface area contributed by atoms with E-state index in [-0.39, 0.29) is 0 Å². The first kappa shape index (κ1) is 47.0. The normalized spacial score (nSPS) is 11.8. The minimum absolute atomic E-state index is 1.19. The number of rotatable bonds is 11. The minimum Gasteiger partial charge on any atom is -0.0623 e. The van der Waals surface area contributed by atoms with Crippen LogP contribution in [-0.2, 0) is 0 Å². The molecule has 0 saturated heterocycles. The topological polar surface area (TPSA) is 0 Å². The molecule has 0 heterocycles. The molecule has 366 valence electrons. The Labute approximate surface area is 458 Å². The quantitative estimate of drug-likeness (QED) is 0.0688. The number of hydrogen-bond acceptors (Lipinski definition) is 0. The molecule has 0 aliphatic heterocycles. The lowest BCUT2D eigenvalue weighted by molar-refractivity contribution is 1.63. The standard InChI is InChI=1S/C76H54Si2/c1-7-31-61(32-8-1)77(62-33-9-2-10-34-62,63-35-11-3-12-36-63)67-47-49-71-73(53-67)76(70-44-24-28-56-26-21-22-43-69(56)70)74-54-68(78(64-37-13-4-14-38-64,65-39-15-5-16-40-65)66-41-17-6-18-42-66)48-50-72(74)75(71)60-30-23-29-58(52-60)59-46-45-55-25-19-20-27-57(55)51-59/h1-54H. The van der Waals surface area contributed by atoms with Crippen molar-refractivity contribution in [2.45, 2.75) is 0 Å². The summed E-state index contributed by atoms with van der Waals surface area (Å²) in [7, 11) is -6.00. The van der Waals surface area contributed by atoms with Crippen LogP contribution in [0, 0.1) is 0 Å². The van der Waals surface area contributed by atoms with Crippen molar-refractivity contribution >= 4 is 101 Å². The maximum Gasteiger partial charge on any atom is 0.179 e. The smallest absolute Gasteiger partial charge is 0.0623 e. The third-order valence-corrected chi connectivity index (χ3v) is 26.1. The fourth-order valence-corrected chi connectivity index (χ4v) is 22.6. The molecular weight excluding hydrogens is 969 g/mol. The van der Waals surface area contributed by atoms with Gasteiger partial charge in [-0.2, -0.15) is 0 Å². The van der Waals surface area contributed by atoms with Gasteiger partial charge in [-0.05, 0) is 130 Å². The Balaban J connectivity index is 1.17. The van der Waals surface area contributed by atoms with E-state index in [0.29, 0.717) is 0 Å². The Morgan fingerprint density at radius 1 is 0.167 bits per heavy atom. The second-order valence-electron chi connectivity index (χ2n) is 20.6. The summed E-state index contributed by atoms with van der Waals surface area (Å²) in [5.74, 6) is 0. The number of fused-ring (bicyclic) bond motifs is 4. The van der Waals surface area contributed by atoms with Gasteiger partial charge in [0.15, 0.2) is 16.1 Å². The van der Waals surface area contributed by atoms with Crippen molar-refractivity contribution in [2.24, 2.45) is 0 Å². The molecule has 14 aromatic carbocycles. The summed E-state index contributed by atoms with van der Waals surface area (Å²) in [6.45, 7) is 0. The predicted octanol–water partition coefficient (Wildman–Crippen LogP) is 14.1. The van der Waals surface area contributed by atoms with Gasteiger partial charge in [0, 0.05) is 0 Å². The van der Waals surface area contributed by atoms with Crippen LogP contribution < -0.4 is 41.5 Å². The van der Waals surface area contributed by atoms with E-state index in [1.54, 1.807) is 0 Å². The third kappa shape index (κ3) is 7.79. The third-order valence-electron chi connectivity index (χ3n) is 16.5. The summed E-state index contributed by atoms with van der Waals surface area (Å²) in [5.41, 5.74) is 7.31. The monoisotopic (exact) mass is 1020 g/mol. The molecule has 0 spiro atoms. The lowest BCUT2D eigenvalue weighted by Gasteiger charge is -2.35. The Hall–Kier alpha value is -9.45. The summed E-state index contributed by atoms with van der Waals surface area (Å²) < 4.78 is 0. The van der Waals surface area contributed by atoms with E-state index in [2.05, 4.69) is 328 Å². The van der Waals surface area contributed by atoms with Crippen LogP contribution in [0.15, 0.2) is 328 Å². The van der Waals surface area contributed by atoms with Gasteiger partial charge in [-0.3, -0.25) is 0 Å². The van der Waals surface area contributed by atoms with E-state index in [1.807, 2.05) is 0 Å². The van der Waals surface area contributed by atoms with Gasteiger partial charge in [0.1, 0.15) is 0 Å². The lowest BCUT2D eigenvalue weighted by Crippen LogP contribution is -2.74. The molecule has 14 aromatic rings. The second-order valence-corrected chi connectivity index (χ2v) is 28.3. The number of benzene rings is 14. The van der Waals surface area contributed by atoms with Gasteiger partial charge in [0.05, 0.1) is 0 Å². The Morgan fingerprint density at radius 2 is 0.538 bits per heavy atom. The molecule has 0 aliphatic rings. The van der Waals surface area contributed by atoms with Gasteiger partial charge in [-0.15, -0.1) is 0 Å². The highest BCUT2D eigenvalue weighted by atomic mass is 28.3. The number of hydrogen-bond donors (Lipinski definition) is 0. The first-order chi connectivity index (χ1) is 38.7. The fraction of sp³-hybridized carbons (Fsp3) is 0. The molecule has 0 N–H and O–H groups in total.